The molecule has 0 spiro atoms. The first-order chi connectivity index (χ1) is 12.5. The molecule has 0 saturated carbocycles. The maximum Gasteiger partial charge on any atom is 0.320 e. The van der Waals surface area contributed by atoms with E-state index >= 15 is 0 Å². The Kier molecular flexibility index (Phi) is 5.55. The molecule has 138 valence electrons. The molecule has 1 aliphatic rings. The monoisotopic (exact) mass is 355 g/mol. The van der Waals surface area contributed by atoms with Crippen molar-refractivity contribution in [1.29, 1.82) is 0 Å². The lowest BCUT2D eigenvalue weighted by Crippen LogP contribution is -2.33. The number of carbonyl (C=O) groups is 2. The Hall–Kier alpha value is -2.83. The number of benzene rings is 1. The van der Waals surface area contributed by atoms with Gasteiger partial charge in [0, 0.05) is 32.1 Å². The number of aryl methyl sites for hydroxylation is 2. The Morgan fingerprint density at radius 3 is 2.69 bits per heavy atom. The van der Waals surface area contributed by atoms with Crippen LogP contribution in [0, 0.1) is 13.8 Å². The lowest BCUT2D eigenvalue weighted by Gasteiger charge is -2.15. The summed E-state index contributed by atoms with van der Waals surface area (Å²) >= 11 is 0. The highest BCUT2D eigenvalue weighted by atomic mass is 16.2. The van der Waals surface area contributed by atoms with Crippen LogP contribution < -0.4 is 10.6 Å². The van der Waals surface area contributed by atoms with Crippen LogP contribution in [0.4, 0.5) is 10.6 Å². The average Bonchev–Trinajstić information content (AvgIpc) is 3.18. The van der Waals surface area contributed by atoms with Crippen LogP contribution in [-0.2, 0) is 4.79 Å². The summed E-state index contributed by atoms with van der Waals surface area (Å²) in [6.45, 7) is 5.97. The summed E-state index contributed by atoms with van der Waals surface area (Å²) in [4.78, 5) is 25.6. The summed E-state index contributed by atoms with van der Waals surface area (Å²) in [7, 11) is 0. The van der Waals surface area contributed by atoms with Crippen LogP contribution in [-0.4, -0.2) is 46.3 Å². The summed E-state index contributed by atoms with van der Waals surface area (Å²) in [5, 5.41) is 10.1. The number of aromatic nitrogens is 2. The van der Waals surface area contributed by atoms with Crippen molar-refractivity contribution in [3.63, 3.8) is 0 Å². The maximum atomic E-state index is 12.2. The van der Waals surface area contributed by atoms with Gasteiger partial charge in [-0.15, -0.1) is 0 Å². The predicted octanol–water partition coefficient (Wildman–Crippen LogP) is 2.62. The largest absolute Gasteiger partial charge is 0.343 e. The molecular formula is C19H25N5O2. The minimum Gasteiger partial charge on any atom is -0.343 e. The molecule has 0 atom stereocenters. The number of hydrogen-bond donors (Lipinski definition) is 2. The van der Waals surface area contributed by atoms with Crippen LogP contribution in [0.1, 0.15) is 30.5 Å². The van der Waals surface area contributed by atoms with Crippen molar-refractivity contribution in [2.24, 2.45) is 0 Å². The molecule has 1 saturated heterocycles. The Morgan fingerprint density at radius 2 is 2.00 bits per heavy atom. The summed E-state index contributed by atoms with van der Waals surface area (Å²) in [5.41, 5.74) is 2.89. The molecule has 2 aromatic rings. The van der Waals surface area contributed by atoms with E-state index in [1.165, 1.54) is 5.56 Å². The van der Waals surface area contributed by atoms with E-state index < -0.39 is 0 Å². The van der Waals surface area contributed by atoms with Crippen LogP contribution in [0.25, 0.3) is 5.69 Å². The van der Waals surface area contributed by atoms with Crippen LogP contribution in [0.5, 0.6) is 0 Å². The van der Waals surface area contributed by atoms with Gasteiger partial charge in [-0.3, -0.25) is 10.1 Å². The van der Waals surface area contributed by atoms with E-state index in [2.05, 4.69) is 15.7 Å². The van der Waals surface area contributed by atoms with Crippen molar-refractivity contribution in [2.75, 3.05) is 25.0 Å². The lowest BCUT2D eigenvalue weighted by atomic mass is 10.2. The van der Waals surface area contributed by atoms with Gasteiger partial charge >= 0.3 is 6.03 Å². The minimum absolute atomic E-state index is 0.215. The fraction of sp³-hybridized carbons (Fsp3) is 0.421. The van der Waals surface area contributed by atoms with E-state index in [0.29, 0.717) is 25.3 Å². The van der Waals surface area contributed by atoms with E-state index in [4.69, 9.17) is 0 Å². The zero-order chi connectivity index (χ0) is 18.5. The van der Waals surface area contributed by atoms with Crippen LogP contribution in [0.3, 0.4) is 0 Å². The highest BCUT2D eigenvalue weighted by molar-refractivity contribution is 5.88. The van der Waals surface area contributed by atoms with Gasteiger partial charge in [0.05, 0.1) is 11.4 Å². The normalized spacial score (nSPS) is 13.9. The van der Waals surface area contributed by atoms with Crippen molar-refractivity contribution < 1.29 is 9.59 Å². The molecule has 2 heterocycles. The quantitative estimate of drug-likeness (QED) is 0.782. The molecule has 26 heavy (non-hydrogen) atoms. The molecule has 1 aromatic heterocycles. The number of nitrogens with one attached hydrogen (secondary N) is 2. The summed E-state index contributed by atoms with van der Waals surface area (Å²) in [5.74, 6) is 0.838. The predicted molar refractivity (Wildman–Crippen MR) is 100 cm³/mol. The molecule has 0 bridgehead atoms. The SMILES string of the molecule is Cc1ccc(-n2nc(C)cc2NC(=O)NCCCN2CCCC2=O)cc1. The number of nitrogens with zero attached hydrogens (tertiary/aromatic N) is 3. The second kappa shape index (κ2) is 8.03. The first-order valence-electron chi connectivity index (χ1n) is 8.99. The van der Waals surface area contributed by atoms with Gasteiger partial charge in [-0.05, 0) is 38.8 Å². The van der Waals surface area contributed by atoms with E-state index in [1.807, 2.05) is 49.1 Å². The van der Waals surface area contributed by atoms with E-state index in [-0.39, 0.29) is 11.9 Å². The number of hydrogen-bond acceptors (Lipinski definition) is 3. The summed E-state index contributed by atoms with van der Waals surface area (Å²) in [6, 6.07) is 9.52. The minimum atomic E-state index is -0.272. The Morgan fingerprint density at radius 1 is 1.23 bits per heavy atom. The van der Waals surface area contributed by atoms with Gasteiger partial charge in [0.2, 0.25) is 5.91 Å². The van der Waals surface area contributed by atoms with Gasteiger partial charge < -0.3 is 10.2 Å². The van der Waals surface area contributed by atoms with Crippen molar-refractivity contribution >= 4 is 17.8 Å². The van der Waals surface area contributed by atoms with Crippen molar-refractivity contribution in [1.82, 2.24) is 20.0 Å². The standard InChI is InChI=1S/C19H25N5O2/c1-14-6-8-16(9-7-14)24-17(13-15(2)22-24)21-19(26)20-10-4-12-23-11-3-5-18(23)25/h6-9,13H,3-5,10-12H2,1-2H3,(H2,20,21,26). The van der Waals surface area contributed by atoms with Crippen molar-refractivity contribution in [3.05, 3.63) is 41.6 Å². The fourth-order valence-corrected chi connectivity index (χ4v) is 3.04. The Bertz CT molecular complexity index is 782. The van der Waals surface area contributed by atoms with E-state index in [1.54, 1.807) is 4.68 Å². The molecule has 3 amide bonds. The Balaban J connectivity index is 1.52. The molecule has 7 nitrogen and oxygen atoms in total. The van der Waals surface area contributed by atoms with Gasteiger partial charge in [0.1, 0.15) is 5.82 Å². The lowest BCUT2D eigenvalue weighted by molar-refractivity contribution is -0.127. The molecule has 0 unspecified atom stereocenters. The summed E-state index contributed by atoms with van der Waals surface area (Å²) < 4.78 is 1.72. The van der Waals surface area contributed by atoms with Gasteiger partial charge in [-0.2, -0.15) is 5.10 Å². The zero-order valence-electron chi connectivity index (χ0n) is 15.3. The smallest absolute Gasteiger partial charge is 0.320 e. The van der Waals surface area contributed by atoms with Crippen LogP contribution >= 0.6 is 0 Å². The molecule has 0 radical (unpaired) electrons. The zero-order valence-corrected chi connectivity index (χ0v) is 15.3. The highest BCUT2D eigenvalue weighted by Crippen LogP contribution is 2.17. The van der Waals surface area contributed by atoms with Crippen LogP contribution in [0.2, 0.25) is 0 Å². The molecule has 1 aliphatic heterocycles. The second-order valence-electron chi connectivity index (χ2n) is 6.64. The maximum absolute atomic E-state index is 12.2. The van der Waals surface area contributed by atoms with Gasteiger partial charge in [0.15, 0.2) is 0 Å². The third kappa shape index (κ3) is 4.41. The first kappa shape index (κ1) is 18.0. The molecular weight excluding hydrogens is 330 g/mol. The average molecular weight is 355 g/mol. The van der Waals surface area contributed by atoms with Crippen LogP contribution in [0.15, 0.2) is 30.3 Å². The second-order valence-corrected chi connectivity index (χ2v) is 6.64. The number of carbonyl (C=O) groups excluding carboxylic acids is 2. The number of amides is 3. The van der Waals surface area contributed by atoms with Gasteiger partial charge in [0.25, 0.3) is 0 Å². The molecule has 7 heteroatoms. The Labute approximate surface area is 153 Å². The third-order valence-corrected chi connectivity index (χ3v) is 4.41. The summed E-state index contributed by atoms with van der Waals surface area (Å²) in [6.07, 6.45) is 2.33. The van der Waals surface area contributed by atoms with E-state index in [0.717, 1.165) is 30.8 Å². The molecule has 3 rings (SSSR count). The topological polar surface area (TPSA) is 79.3 Å². The highest BCUT2D eigenvalue weighted by Gasteiger charge is 2.19. The number of rotatable bonds is 6. The number of anilines is 1. The first-order valence-corrected chi connectivity index (χ1v) is 8.99. The number of urea groups is 1. The molecule has 0 aliphatic carbocycles. The molecule has 1 aromatic carbocycles. The van der Waals surface area contributed by atoms with E-state index in [9.17, 15) is 9.59 Å². The van der Waals surface area contributed by atoms with Crippen molar-refractivity contribution in [2.45, 2.75) is 33.1 Å². The van der Waals surface area contributed by atoms with Crippen molar-refractivity contribution in [3.8, 4) is 5.69 Å². The molecule has 2 N–H and O–H groups in total. The van der Waals surface area contributed by atoms with Gasteiger partial charge in [-0.1, -0.05) is 17.7 Å². The molecule has 1 fully saturated rings. The fourth-order valence-electron chi connectivity index (χ4n) is 3.04. The number of likely N-dealkylation sites (tertiary alicyclic amines) is 1. The van der Waals surface area contributed by atoms with Gasteiger partial charge in [-0.25, -0.2) is 9.48 Å². The third-order valence-electron chi connectivity index (χ3n) is 4.41.